The first-order chi connectivity index (χ1) is 8.44. The zero-order chi connectivity index (χ0) is 15.6. The summed E-state index contributed by atoms with van der Waals surface area (Å²) in [4.78, 5) is 0. The molecular formula is C19H40. The maximum atomic E-state index is 2.56. The molecule has 0 fully saturated rings. The van der Waals surface area contributed by atoms with Gasteiger partial charge in [-0.2, -0.15) is 0 Å². The maximum absolute atomic E-state index is 2.56. The predicted molar refractivity (Wildman–Crippen MR) is 89.3 cm³/mol. The van der Waals surface area contributed by atoms with Crippen molar-refractivity contribution in [1.29, 1.82) is 0 Å². The van der Waals surface area contributed by atoms with Crippen molar-refractivity contribution in [2.75, 3.05) is 0 Å². The van der Waals surface area contributed by atoms with Gasteiger partial charge in [0, 0.05) is 0 Å². The maximum Gasteiger partial charge on any atom is -0.0190 e. The van der Waals surface area contributed by atoms with Crippen LogP contribution in [0.5, 0.6) is 0 Å². The van der Waals surface area contributed by atoms with E-state index in [9.17, 15) is 0 Å². The van der Waals surface area contributed by atoms with Gasteiger partial charge in [-0.1, -0.05) is 76.2 Å². The van der Waals surface area contributed by atoms with Crippen LogP contribution in [0.3, 0.4) is 0 Å². The second-order valence-electron chi connectivity index (χ2n) is 8.54. The normalized spacial score (nSPS) is 14.5. The van der Waals surface area contributed by atoms with Crippen molar-refractivity contribution in [2.24, 2.45) is 40.4 Å². The fourth-order valence-electron chi connectivity index (χ4n) is 5.02. The Hall–Kier alpha value is 0. The third-order valence-corrected chi connectivity index (χ3v) is 6.21. The average Bonchev–Trinajstić information content (AvgIpc) is 2.22. The first kappa shape index (κ1) is 19.0. The lowest BCUT2D eigenvalue weighted by Gasteiger charge is -2.60. The van der Waals surface area contributed by atoms with Gasteiger partial charge in [0.1, 0.15) is 0 Å². The van der Waals surface area contributed by atoms with E-state index in [-0.39, 0.29) is 0 Å². The number of hydrogen-bond acceptors (Lipinski definition) is 0. The lowest BCUT2D eigenvalue weighted by atomic mass is 9.45. The van der Waals surface area contributed by atoms with Crippen molar-refractivity contribution in [1.82, 2.24) is 0 Å². The molecule has 0 bridgehead atoms. The van der Waals surface area contributed by atoms with Gasteiger partial charge in [-0.15, -0.1) is 0 Å². The van der Waals surface area contributed by atoms with Crippen LogP contribution in [-0.4, -0.2) is 0 Å². The third-order valence-electron chi connectivity index (χ3n) is 6.21. The van der Waals surface area contributed by atoms with E-state index < -0.39 is 0 Å². The van der Waals surface area contributed by atoms with Crippen molar-refractivity contribution >= 4 is 0 Å². The van der Waals surface area contributed by atoms with Crippen molar-refractivity contribution in [3.63, 3.8) is 0 Å². The minimum Gasteiger partial charge on any atom is -0.0628 e. The van der Waals surface area contributed by atoms with Crippen molar-refractivity contribution in [2.45, 2.75) is 82.6 Å². The van der Waals surface area contributed by atoms with Crippen LogP contribution in [0.4, 0.5) is 0 Å². The number of rotatable bonds is 7. The molecule has 0 heterocycles. The first-order valence-electron chi connectivity index (χ1n) is 8.44. The van der Waals surface area contributed by atoms with Crippen molar-refractivity contribution < 1.29 is 0 Å². The fraction of sp³-hybridized carbons (Fsp3) is 1.00. The molecular weight excluding hydrogens is 228 g/mol. The van der Waals surface area contributed by atoms with Gasteiger partial charge in [0.05, 0.1) is 0 Å². The first-order valence-corrected chi connectivity index (χ1v) is 8.44. The summed E-state index contributed by atoms with van der Waals surface area (Å²) in [6, 6.07) is 0. The summed E-state index contributed by atoms with van der Waals surface area (Å²) in [5.41, 5.74) is 0.809. The summed E-state index contributed by atoms with van der Waals surface area (Å²) in [6.45, 7) is 26.9. The second-order valence-corrected chi connectivity index (χ2v) is 8.54. The van der Waals surface area contributed by atoms with Gasteiger partial charge in [0.2, 0.25) is 0 Å². The summed E-state index contributed by atoms with van der Waals surface area (Å²) in [5.74, 6) is 3.66. The molecule has 0 aliphatic heterocycles. The highest BCUT2D eigenvalue weighted by atomic mass is 14.6. The van der Waals surface area contributed by atoms with Crippen molar-refractivity contribution in [3.8, 4) is 0 Å². The Morgan fingerprint density at radius 3 is 1.05 bits per heavy atom. The molecule has 0 atom stereocenters. The molecule has 0 aromatic rings. The molecule has 0 N–H and O–H groups in total. The van der Waals surface area contributed by atoms with E-state index in [0.29, 0.717) is 10.8 Å². The molecule has 0 aliphatic carbocycles. The van der Waals surface area contributed by atoms with E-state index in [0.717, 1.165) is 29.6 Å². The standard InChI is InChI=1S/C19H40/c1-13(2)12-19(16(7)8,17(9)10)18(11,14(3)4)15(5)6/h13-17H,12H2,1-11H3. The van der Waals surface area contributed by atoms with E-state index in [1.807, 2.05) is 0 Å². The van der Waals surface area contributed by atoms with Gasteiger partial charge in [0.15, 0.2) is 0 Å². The van der Waals surface area contributed by atoms with Gasteiger partial charge >= 0.3 is 0 Å². The van der Waals surface area contributed by atoms with E-state index in [2.05, 4.69) is 76.2 Å². The van der Waals surface area contributed by atoms with Crippen LogP contribution in [-0.2, 0) is 0 Å². The summed E-state index contributed by atoms with van der Waals surface area (Å²) in [5, 5.41) is 0. The molecule has 0 aromatic heterocycles. The summed E-state index contributed by atoms with van der Waals surface area (Å²) in [6.07, 6.45) is 1.34. The molecule has 0 heteroatoms. The van der Waals surface area contributed by atoms with Crippen LogP contribution in [0.15, 0.2) is 0 Å². The minimum absolute atomic E-state index is 0.388. The third kappa shape index (κ3) is 3.19. The summed E-state index contributed by atoms with van der Waals surface area (Å²) in [7, 11) is 0. The molecule has 0 aliphatic rings. The van der Waals surface area contributed by atoms with Gasteiger partial charge < -0.3 is 0 Å². The molecule has 0 aromatic carbocycles. The van der Waals surface area contributed by atoms with Gasteiger partial charge in [-0.05, 0) is 46.8 Å². The Morgan fingerprint density at radius 2 is 0.895 bits per heavy atom. The van der Waals surface area contributed by atoms with Gasteiger partial charge in [-0.25, -0.2) is 0 Å². The van der Waals surface area contributed by atoms with E-state index >= 15 is 0 Å². The Balaban J connectivity index is 6.05. The smallest absolute Gasteiger partial charge is 0.0190 e. The van der Waals surface area contributed by atoms with Crippen LogP contribution < -0.4 is 0 Å². The van der Waals surface area contributed by atoms with Crippen molar-refractivity contribution in [3.05, 3.63) is 0 Å². The Kier molecular flexibility index (Phi) is 6.64. The lowest BCUT2D eigenvalue weighted by molar-refractivity contribution is -0.118. The minimum atomic E-state index is 0.388. The SMILES string of the molecule is CC(C)CC(C(C)C)(C(C)C)C(C)(C(C)C)C(C)C. The summed E-state index contributed by atoms with van der Waals surface area (Å²) >= 11 is 0. The quantitative estimate of drug-likeness (QED) is 0.485. The molecule has 0 unspecified atom stereocenters. The zero-order valence-corrected chi connectivity index (χ0v) is 15.6. The molecule has 0 rings (SSSR count). The van der Waals surface area contributed by atoms with Crippen LogP contribution in [0.1, 0.15) is 82.6 Å². The van der Waals surface area contributed by atoms with Crippen LogP contribution in [0.25, 0.3) is 0 Å². The Bertz CT molecular complexity index is 239. The van der Waals surface area contributed by atoms with Crippen LogP contribution in [0.2, 0.25) is 0 Å². The molecule has 0 saturated heterocycles. The Morgan fingerprint density at radius 1 is 0.579 bits per heavy atom. The molecule has 0 radical (unpaired) electrons. The fourth-order valence-corrected chi connectivity index (χ4v) is 5.02. The van der Waals surface area contributed by atoms with E-state index in [1.165, 1.54) is 6.42 Å². The monoisotopic (exact) mass is 268 g/mol. The van der Waals surface area contributed by atoms with E-state index in [1.54, 1.807) is 0 Å². The highest BCUT2D eigenvalue weighted by Gasteiger charge is 2.54. The number of hydrogen-bond donors (Lipinski definition) is 0. The van der Waals surface area contributed by atoms with Crippen LogP contribution >= 0.6 is 0 Å². The van der Waals surface area contributed by atoms with Gasteiger partial charge in [-0.3, -0.25) is 0 Å². The molecule has 19 heavy (non-hydrogen) atoms. The molecule has 0 nitrogen and oxygen atoms in total. The largest absolute Gasteiger partial charge is 0.0628 e. The average molecular weight is 269 g/mol. The van der Waals surface area contributed by atoms with Crippen LogP contribution in [0, 0.1) is 40.4 Å². The molecule has 0 spiro atoms. The highest BCUT2D eigenvalue weighted by molar-refractivity contribution is 5.02. The predicted octanol–water partition coefficient (Wildman–Crippen LogP) is 6.65. The highest BCUT2D eigenvalue weighted by Crippen LogP contribution is 2.60. The summed E-state index contributed by atoms with van der Waals surface area (Å²) < 4.78 is 0. The topological polar surface area (TPSA) is 0 Å². The van der Waals surface area contributed by atoms with Gasteiger partial charge in [0.25, 0.3) is 0 Å². The molecule has 0 saturated carbocycles. The molecule has 0 amide bonds. The zero-order valence-electron chi connectivity index (χ0n) is 15.6. The second kappa shape index (κ2) is 6.64. The lowest BCUT2D eigenvalue weighted by Crippen LogP contribution is -2.54. The molecule has 116 valence electrons. The van der Waals surface area contributed by atoms with E-state index in [4.69, 9.17) is 0 Å². The Labute approximate surface area is 123 Å².